The Hall–Kier alpha value is -2.88. The number of nitrogens with zero attached hydrogens (tertiary/aromatic N) is 3. The van der Waals surface area contributed by atoms with Gasteiger partial charge < -0.3 is 25.3 Å². The highest BCUT2D eigenvalue weighted by atomic mass is 32.1. The molecule has 2 aliphatic carbocycles. The molecule has 33 heavy (non-hydrogen) atoms. The van der Waals surface area contributed by atoms with E-state index < -0.39 is 11.1 Å². The summed E-state index contributed by atoms with van der Waals surface area (Å²) >= 11 is 5.80. The Kier molecular flexibility index (Phi) is 5.23. The van der Waals surface area contributed by atoms with Crippen LogP contribution in [0.15, 0.2) is 41.7 Å². The Bertz CT molecular complexity index is 1250. The molecule has 1 aliphatic heterocycles. The quantitative estimate of drug-likeness (QED) is 0.327. The summed E-state index contributed by atoms with van der Waals surface area (Å²) < 4.78 is 12.9. The molecule has 172 valence electrons. The van der Waals surface area contributed by atoms with E-state index in [1.165, 1.54) is 0 Å². The maximum atomic E-state index is 10.1. The third-order valence-electron chi connectivity index (χ3n) is 6.95. The van der Waals surface area contributed by atoms with E-state index in [1.54, 1.807) is 38.8 Å². The van der Waals surface area contributed by atoms with Gasteiger partial charge in [-0.25, -0.2) is 4.98 Å². The molecule has 0 radical (unpaired) electrons. The molecule has 3 heterocycles. The fourth-order valence-corrected chi connectivity index (χ4v) is 5.76. The monoisotopic (exact) mass is 465 g/mol. The van der Waals surface area contributed by atoms with Gasteiger partial charge in [0.25, 0.3) is 0 Å². The number of fused-ring (bicyclic) bond motifs is 5. The molecule has 0 spiro atoms. The second-order valence-corrected chi connectivity index (χ2v) is 9.09. The van der Waals surface area contributed by atoms with Gasteiger partial charge >= 0.3 is 0 Å². The predicted molar refractivity (Wildman–Crippen MR) is 128 cm³/mol. The molecule has 2 aromatic heterocycles. The maximum absolute atomic E-state index is 10.1. The van der Waals surface area contributed by atoms with Crippen molar-refractivity contribution in [3.8, 4) is 11.5 Å². The molecule has 1 fully saturated rings. The highest BCUT2D eigenvalue weighted by Gasteiger charge is 2.71. The van der Waals surface area contributed by atoms with Crippen LogP contribution in [0, 0.1) is 4.64 Å². The Balaban J connectivity index is 1.85. The number of rotatable bonds is 7. The van der Waals surface area contributed by atoms with Crippen LogP contribution in [0.2, 0.25) is 0 Å². The number of H-pyrrole nitrogens is 1. The summed E-state index contributed by atoms with van der Waals surface area (Å²) in [5, 5.41) is 10.1. The number of nitrogens with two attached hydrogens (primary N) is 1. The van der Waals surface area contributed by atoms with Gasteiger partial charge in [-0.3, -0.25) is 9.98 Å². The van der Waals surface area contributed by atoms with Crippen molar-refractivity contribution in [2.45, 2.75) is 42.2 Å². The molecule has 0 aromatic carbocycles. The third kappa shape index (κ3) is 2.89. The van der Waals surface area contributed by atoms with E-state index in [-0.39, 0.29) is 12.5 Å². The molecule has 9 heteroatoms. The largest absolute Gasteiger partial charge is 0.495 e. The van der Waals surface area contributed by atoms with Crippen molar-refractivity contribution in [1.82, 2.24) is 15.0 Å². The number of aromatic amines is 1. The Morgan fingerprint density at radius 3 is 2.94 bits per heavy atom. The van der Waals surface area contributed by atoms with E-state index >= 15 is 0 Å². The minimum atomic E-state index is -1.21. The average molecular weight is 466 g/mol. The lowest BCUT2D eigenvalue weighted by Crippen LogP contribution is -2.58. The first kappa shape index (κ1) is 21.9. The second-order valence-electron chi connectivity index (χ2n) is 8.71. The summed E-state index contributed by atoms with van der Waals surface area (Å²) in [4.78, 5) is 16.6. The van der Waals surface area contributed by atoms with Gasteiger partial charge in [0.2, 0.25) is 0 Å². The third-order valence-corrected chi connectivity index (χ3v) is 7.26. The first-order chi connectivity index (χ1) is 15.9. The van der Waals surface area contributed by atoms with Crippen molar-refractivity contribution < 1.29 is 14.6 Å². The molecule has 1 saturated carbocycles. The number of allylic oxidation sites excluding steroid dienone is 1. The smallest absolute Gasteiger partial charge is 0.168 e. The van der Waals surface area contributed by atoms with Crippen molar-refractivity contribution in [2.75, 3.05) is 20.8 Å². The van der Waals surface area contributed by atoms with Gasteiger partial charge in [-0.2, -0.15) is 0 Å². The van der Waals surface area contributed by atoms with E-state index in [9.17, 15) is 5.11 Å². The standard InChI is InChI=1S/C24H27N5O3S/c1-13(5-4-9-26-2)24-15(8-10-30)18-20(28-21(14-6-7-14)29-22(18)33)23(24,25)19-16(31-3)11-27-12-17(19)32-24/h4-5,9,11-12,14-15,30H,1,6-8,10,25H2,2-3H3,(H,28,29,33)/b5-4-,26-9?/t15-,23+,24+/m1/s1. The van der Waals surface area contributed by atoms with E-state index in [2.05, 4.69) is 21.5 Å². The summed E-state index contributed by atoms with van der Waals surface area (Å²) in [6, 6.07) is 0. The van der Waals surface area contributed by atoms with E-state index in [0.717, 1.165) is 29.9 Å². The zero-order valence-corrected chi connectivity index (χ0v) is 19.5. The number of hydrogen-bond donors (Lipinski definition) is 3. The first-order valence-electron chi connectivity index (χ1n) is 11.0. The number of methoxy groups -OCH3 is 1. The lowest BCUT2D eigenvalue weighted by atomic mass is 9.69. The lowest BCUT2D eigenvalue weighted by Gasteiger charge is -2.41. The van der Waals surface area contributed by atoms with Crippen LogP contribution in [0.25, 0.3) is 0 Å². The number of aliphatic hydroxyl groups excluding tert-OH is 1. The number of pyridine rings is 1. The normalized spacial score (nSPS) is 27.5. The van der Waals surface area contributed by atoms with Crippen molar-refractivity contribution in [3.05, 3.63) is 64.0 Å². The molecule has 0 saturated heterocycles. The zero-order valence-electron chi connectivity index (χ0n) is 18.7. The van der Waals surface area contributed by atoms with Crippen LogP contribution < -0.4 is 15.2 Å². The highest BCUT2D eigenvalue weighted by Crippen LogP contribution is 2.66. The molecule has 5 rings (SSSR count). The maximum Gasteiger partial charge on any atom is 0.168 e. The SMILES string of the molecule is C=C(/C=C\C=NC)[C@@]12Oc3cncc(OC)c3[C@]1(N)c1[nH]c(C3CC3)nc(=S)c1[C@H]2CCO. The van der Waals surface area contributed by atoms with E-state index in [0.29, 0.717) is 39.6 Å². The molecular formula is C24H27N5O3S. The zero-order chi connectivity index (χ0) is 23.4. The van der Waals surface area contributed by atoms with Crippen molar-refractivity contribution in [2.24, 2.45) is 10.7 Å². The van der Waals surface area contributed by atoms with Crippen LogP contribution in [0.3, 0.4) is 0 Å². The number of nitrogens with one attached hydrogen (secondary N) is 1. The summed E-state index contributed by atoms with van der Waals surface area (Å²) in [5.41, 5.74) is 7.90. The number of aliphatic hydroxyl groups is 1. The lowest BCUT2D eigenvalue weighted by molar-refractivity contribution is 0.0537. The summed E-state index contributed by atoms with van der Waals surface area (Å²) in [5.74, 6) is 1.83. The van der Waals surface area contributed by atoms with Crippen LogP contribution in [0.4, 0.5) is 0 Å². The average Bonchev–Trinajstić information content (AvgIpc) is 3.58. The Morgan fingerprint density at radius 2 is 2.27 bits per heavy atom. The Labute approximate surface area is 197 Å². The highest BCUT2D eigenvalue weighted by molar-refractivity contribution is 7.71. The fourth-order valence-electron chi connectivity index (χ4n) is 5.42. The molecule has 3 atom stereocenters. The van der Waals surface area contributed by atoms with Crippen LogP contribution >= 0.6 is 12.2 Å². The number of aliphatic imine (C=N–C) groups is 1. The van der Waals surface area contributed by atoms with E-state index in [1.807, 2.05) is 6.08 Å². The van der Waals surface area contributed by atoms with Gasteiger partial charge in [0.15, 0.2) is 5.60 Å². The summed E-state index contributed by atoms with van der Waals surface area (Å²) in [6.07, 6.45) is 11.1. The van der Waals surface area contributed by atoms with Gasteiger partial charge in [-0.1, -0.05) is 24.9 Å². The number of hydrogen-bond acceptors (Lipinski definition) is 8. The minimum Gasteiger partial charge on any atom is -0.495 e. The molecule has 0 unspecified atom stereocenters. The van der Waals surface area contributed by atoms with Crippen molar-refractivity contribution >= 4 is 18.4 Å². The second kappa shape index (κ2) is 7.86. The van der Waals surface area contributed by atoms with Gasteiger partial charge in [0.05, 0.1) is 30.8 Å². The minimum absolute atomic E-state index is 0.0798. The molecular weight excluding hydrogens is 438 g/mol. The van der Waals surface area contributed by atoms with Crippen LogP contribution in [-0.2, 0) is 5.54 Å². The van der Waals surface area contributed by atoms with Crippen molar-refractivity contribution in [1.29, 1.82) is 0 Å². The van der Waals surface area contributed by atoms with Crippen LogP contribution in [-0.4, -0.2) is 52.6 Å². The van der Waals surface area contributed by atoms with Crippen LogP contribution in [0.5, 0.6) is 11.5 Å². The first-order valence-corrected chi connectivity index (χ1v) is 11.4. The number of ether oxygens (including phenoxy) is 2. The summed E-state index contributed by atoms with van der Waals surface area (Å²) in [7, 11) is 3.28. The van der Waals surface area contributed by atoms with Gasteiger partial charge in [-0.15, -0.1) is 0 Å². The summed E-state index contributed by atoms with van der Waals surface area (Å²) in [6.45, 7) is 4.30. The molecule has 0 bridgehead atoms. The van der Waals surface area contributed by atoms with Gasteiger partial charge in [0, 0.05) is 37.3 Å². The molecule has 0 amide bonds. The van der Waals surface area contributed by atoms with E-state index in [4.69, 9.17) is 32.4 Å². The number of aromatic nitrogens is 3. The van der Waals surface area contributed by atoms with Crippen molar-refractivity contribution in [3.63, 3.8) is 0 Å². The fraction of sp³-hybridized carbons (Fsp3) is 0.417. The predicted octanol–water partition coefficient (Wildman–Crippen LogP) is 3.05. The molecule has 2 aromatic rings. The topological polar surface area (TPSA) is 119 Å². The molecule has 4 N–H and O–H groups in total. The molecule has 3 aliphatic rings. The van der Waals surface area contributed by atoms with Gasteiger partial charge in [-0.05, 0) is 30.9 Å². The van der Waals surface area contributed by atoms with Crippen LogP contribution in [0.1, 0.15) is 53.7 Å². The van der Waals surface area contributed by atoms with Gasteiger partial charge in [0.1, 0.15) is 27.5 Å². The Morgan fingerprint density at radius 1 is 1.48 bits per heavy atom. The molecule has 8 nitrogen and oxygen atoms in total.